The summed E-state index contributed by atoms with van der Waals surface area (Å²) in [6, 6.07) is 5.35. The molecule has 2 saturated heterocycles. The first-order chi connectivity index (χ1) is 13.1. The molecule has 4 rings (SSSR count). The van der Waals surface area contributed by atoms with Gasteiger partial charge in [-0.05, 0) is 55.9 Å². The van der Waals surface area contributed by atoms with Crippen molar-refractivity contribution in [2.75, 3.05) is 19.6 Å². The Morgan fingerprint density at radius 1 is 1.19 bits per heavy atom. The Bertz CT molecular complexity index is 758. The molecule has 3 aliphatic rings. The number of benzene rings is 1. The number of carbonyl (C=O) groups excluding carboxylic acids is 3. The fourth-order valence-electron chi connectivity index (χ4n) is 4.35. The first-order valence-electron chi connectivity index (χ1n) is 9.80. The van der Waals surface area contributed by atoms with Gasteiger partial charge in [0.1, 0.15) is 6.04 Å². The molecule has 1 unspecified atom stereocenters. The van der Waals surface area contributed by atoms with E-state index in [-0.39, 0.29) is 24.1 Å². The van der Waals surface area contributed by atoms with Gasteiger partial charge in [-0.25, -0.2) is 0 Å². The van der Waals surface area contributed by atoms with Crippen LogP contribution in [0.4, 0.5) is 0 Å². The van der Waals surface area contributed by atoms with Gasteiger partial charge in [0.05, 0.1) is 0 Å². The van der Waals surface area contributed by atoms with Gasteiger partial charge in [0.15, 0.2) is 0 Å². The Labute approximate surface area is 158 Å². The highest BCUT2D eigenvalue weighted by atomic mass is 16.2. The Hall–Kier alpha value is -2.25. The van der Waals surface area contributed by atoms with Gasteiger partial charge in [-0.15, -0.1) is 0 Å². The van der Waals surface area contributed by atoms with Crippen molar-refractivity contribution in [1.29, 1.82) is 0 Å². The summed E-state index contributed by atoms with van der Waals surface area (Å²) >= 11 is 0. The summed E-state index contributed by atoms with van der Waals surface area (Å²) in [6.07, 6.45) is 3.12. The minimum absolute atomic E-state index is 0.101. The van der Waals surface area contributed by atoms with Gasteiger partial charge in [-0.2, -0.15) is 0 Å². The summed E-state index contributed by atoms with van der Waals surface area (Å²) in [6.45, 7) is 4.16. The second-order valence-electron chi connectivity index (χ2n) is 7.69. The first-order valence-corrected chi connectivity index (χ1v) is 9.80. The van der Waals surface area contributed by atoms with Crippen molar-refractivity contribution in [3.63, 3.8) is 0 Å². The Morgan fingerprint density at radius 3 is 2.85 bits per heavy atom. The second kappa shape index (κ2) is 7.78. The molecule has 0 bridgehead atoms. The molecule has 7 heteroatoms. The molecule has 0 saturated carbocycles. The van der Waals surface area contributed by atoms with Crippen LogP contribution in [-0.2, 0) is 22.7 Å². The quantitative estimate of drug-likeness (QED) is 0.658. The lowest BCUT2D eigenvalue weighted by Gasteiger charge is -2.29. The van der Waals surface area contributed by atoms with Gasteiger partial charge in [-0.1, -0.05) is 18.2 Å². The summed E-state index contributed by atoms with van der Waals surface area (Å²) < 4.78 is 0. The zero-order valence-electron chi connectivity index (χ0n) is 15.4. The number of imide groups is 1. The third-order valence-corrected chi connectivity index (χ3v) is 5.79. The Balaban J connectivity index is 1.43. The number of rotatable bonds is 5. The summed E-state index contributed by atoms with van der Waals surface area (Å²) in [5.74, 6) is -0.0956. The van der Waals surface area contributed by atoms with Crippen LogP contribution in [0, 0.1) is 5.92 Å². The van der Waals surface area contributed by atoms with E-state index in [2.05, 4.69) is 16.0 Å². The van der Waals surface area contributed by atoms with Crippen molar-refractivity contribution in [1.82, 2.24) is 20.9 Å². The molecule has 3 aliphatic heterocycles. The van der Waals surface area contributed by atoms with E-state index in [1.54, 1.807) is 4.90 Å². The van der Waals surface area contributed by atoms with Gasteiger partial charge in [0.2, 0.25) is 11.8 Å². The second-order valence-corrected chi connectivity index (χ2v) is 7.69. The van der Waals surface area contributed by atoms with Gasteiger partial charge >= 0.3 is 0 Å². The molecule has 3 N–H and O–H groups in total. The predicted molar refractivity (Wildman–Crippen MR) is 99.8 cm³/mol. The van der Waals surface area contributed by atoms with Crippen LogP contribution in [-0.4, -0.2) is 48.3 Å². The first kappa shape index (κ1) is 18.1. The number of hydrogen-bond donors (Lipinski definition) is 3. The van der Waals surface area contributed by atoms with Crippen LogP contribution in [0.1, 0.15) is 47.2 Å². The van der Waals surface area contributed by atoms with Crippen LogP contribution < -0.4 is 16.0 Å². The van der Waals surface area contributed by atoms with Crippen molar-refractivity contribution in [2.24, 2.45) is 5.92 Å². The summed E-state index contributed by atoms with van der Waals surface area (Å²) in [5, 5.41) is 9.26. The molecule has 0 spiro atoms. The molecule has 7 nitrogen and oxygen atoms in total. The molecule has 0 aliphatic carbocycles. The predicted octanol–water partition coefficient (Wildman–Crippen LogP) is 0.537. The number of amides is 3. The zero-order valence-corrected chi connectivity index (χ0v) is 15.4. The van der Waals surface area contributed by atoms with Crippen LogP contribution in [0.5, 0.6) is 0 Å². The van der Waals surface area contributed by atoms with Crippen LogP contribution in [0.15, 0.2) is 18.2 Å². The Kier molecular flexibility index (Phi) is 5.22. The molecule has 144 valence electrons. The monoisotopic (exact) mass is 370 g/mol. The molecule has 0 aromatic heterocycles. The average molecular weight is 370 g/mol. The van der Waals surface area contributed by atoms with Crippen molar-refractivity contribution < 1.29 is 14.4 Å². The lowest BCUT2D eigenvalue weighted by molar-refractivity contribution is -0.136. The molecule has 3 amide bonds. The van der Waals surface area contributed by atoms with Crippen molar-refractivity contribution in [3.8, 4) is 0 Å². The van der Waals surface area contributed by atoms with Crippen LogP contribution in [0.25, 0.3) is 0 Å². The zero-order chi connectivity index (χ0) is 18.8. The lowest BCUT2D eigenvalue weighted by atomic mass is 9.99. The minimum atomic E-state index is -0.559. The Morgan fingerprint density at radius 2 is 2.07 bits per heavy atom. The summed E-state index contributed by atoms with van der Waals surface area (Å²) in [5.41, 5.74) is 2.66. The molecule has 2 atom stereocenters. The molecular formula is C20H26N4O3. The van der Waals surface area contributed by atoms with Crippen LogP contribution >= 0.6 is 0 Å². The van der Waals surface area contributed by atoms with Gasteiger partial charge in [0.25, 0.3) is 5.91 Å². The van der Waals surface area contributed by atoms with Crippen LogP contribution in [0.3, 0.4) is 0 Å². The number of carbonyl (C=O) groups is 3. The van der Waals surface area contributed by atoms with E-state index in [1.165, 1.54) is 12.8 Å². The van der Waals surface area contributed by atoms with Crippen molar-refractivity contribution in [3.05, 3.63) is 34.9 Å². The third-order valence-electron chi connectivity index (χ3n) is 5.79. The number of hydrogen-bond acceptors (Lipinski definition) is 5. The number of nitrogens with zero attached hydrogens (tertiary/aromatic N) is 1. The maximum atomic E-state index is 13.0. The van der Waals surface area contributed by atoms with E-state index < -0.39 is 6.04 Å². The highest BCUT2D eigenvalue weighted by Crippen LogP contribution is 2.29. The molecule has 3 heterocycles. The number of fused-ring (bicyclic) bond motifs is 1. The molecular weight excluding hydrogens is 344 g/mol. The highest BCUT2D eigenvalue weighted by Gasteiger charge is 2.39. The van der Waals surface area contributed by atoms with E-state index in [9.17, 15) is 14.4 Å². The van der Waals surface area contributed by atoms with Gasteiger partial charge < -0.3 is 15.5 Å². The van der Waals surface area contributed by atoms with Gasteiger partial charge in [-0.3, -0.25) is 19.7 Å². The van der Waals surface area contributed by atoms with E-state index in [4.69, 9.17) is 0 Å². The molecule has 0 radical (unpaired) electrons. The molecule has 2 fully saturated rings. The summed E-state index contributed by atoms with van der Waals surface area (Å²) in [4.78, 5) is 38.2. The lowest BCUT2D eigenvalue weighted by Crippen LogP contribution is -2.52. The smallest absolute Gasteiger partial charge is 0.255 e. The standard InChI is InChI=1S/C20H26N4O3/c25-17-7-6-16(19(26)23-17)24-12-15-5-1-4-14(18(15)20(24)27)11-22-10-13-3-2-8-21-9-13/h1,4-5,13,16,21-22H,2-3,6-12H2,(H,23,25,26)/t13-,16?/m1/s1. The van der Waals surface area contributed by atoms with E-state index in [0.29, 0.717) is 25.4 Å². The van der Waals surface area contributed by atoms with Gasteiger partial charge in [0, 0.05) is 25.1 Å². The van der Waals surface area contributed by atoms with E-state index in [0.717, 1.165) is 36.3 Å². The average Bonchev–Trinajstić information content (AvgIpc) is 3.00. The highest BCUT2D eigenvalue weighted by molar-refractivity contribution is 6.05. The number of nitrogens with one attached hydrogen (secondary N) is 3. The largest absolute Gasteiger partial charge is 0.322 e. The van der Waals surface area contributed by atoms with E-state index in [1.807, 2.05) is 18.2 Å². The fraction of sp³-hybridized carbons (Fsp3) is 0.550. The SMILES string of the molecule is O=C1CCC(N2Cc3cccc(CNC[C@@H]4CCCNC4)c3C2=O)C(=O)N1. The fourth-order valence-corrected chi connectivity index (χ4v) is 4.35. The molecule has 1 aromatic carbocycles. The van der Waals surface area contributed by atoms with Crippen molar-refractivity contribution >= 4 is 17.7 Å². The number of piperidine rings is 2. The molecule has 27 heavy (non-hydrogen) atoms. The van der Waals surface area contributed by atoms with Crippen molar-refractivity contribution in [2.45, 2.75) is 44.8 Å². The molecule has 1 aromatic rings. The third kappa shape index (κ3) is 3.75. The van der Waals surface area contributed by atoms with E-state index >= 15 is 0 Å². The maximum absolute atomic E-state index is 13.0. The minimum Gasteiger partial charge on any atom is -0.322 e. The summed E-state index contributed by atoms with van der Waals surface area (Å²) in [7, 11) is 0. The van der Waals surface area contributed by atoms with Crippen LogP contribution in [0.2, 0.25) is 0 Å². The maximum Gasteiger partial charge on any atom is 0.255 e. The normalized spacial score (nSPS) is 25.5. The topological polar surface area (TPSA) is 90.5 Å².